The summed E-state index contributed by atoms with van der Waals surface area (Å²) in [5.74, 6) is 1.39. The molecule has 1 aromatic rings. The maximum absolute atomic E-state index is 11.6. The minimum atomic E-state index is 0. The molecule has 1 fully saturated rings. The molecule has 7 nitrogen and oxygen atoms in total. The van der Waals surface area contributed by atoms with Gasteiger partial charge in [-0.3, -0.25) is 9.79 Å². The van der Waals surface area contributed by atoms with Crippen LogP contribution in [0.15, 0.2) is 29.3 Å². The Balaban J connectivity index is 0.00000420. The van der Waals surface area contributed by atoms with Crippen LogP contribution in [-0.4, -0.2) is 51.9 Å². The van der Waals surface area contributed by atoms with E-state index < -0.39 is 0 Å². The van der Waals surface area contributed by atoms with Crippen LogP contribution in [-0.2, 0) is 20.8 Å². The highest BCUT2D eigenvalue weighted by molar-refractivity contribution is 14.0. The van der Waals surface area contributed by atoms with E-state index >= 15 is 0 Å². The molecule has 0 spiro atoms. The first-order chi connectivity index (χ1) is 13.7. The fourth-order valence-corrected chi connectivity index (χ4v) is 2.91. The van der Waals surface area contributed by atoms with Crippen molar-refractivity contribution in [3.63, 3.8) is 0 Å². The fraction of sp³-hybridized carbons (Fsp3) is 0.619. The molecular weight excluding hydrogens is 483 g/mol. The van der Waals surface area contributed by atoms with Gasteiger partial charge >= 0.3 is 0 Å². The van der Waals surface area contributed by atoms with Gasteiger partial charge in [-0.25, -0.2) is 0 Å². The first-order valence-corrected chi connectivity index (χ1v) is 10.2. The van der Waals surface area contributed by atoms with Gasteiger partial charge in [0.25, 0.3) is 0 Å². The van der Waals surface area contributed by atoms with Crippen molar-refractivity contribution < 1.29 is 14.3 Å². The van der Waals surface area contributed by atoms with Crippen LogP contribution < -0.4 is 16.0 Å². The van der Waals surface area contributed by atoms with Crippen LogP contribution in [0.1, 0.15) is 38.2 Å². The number of carbonyl (C=O) groups excluding carboxylic acids is 1. The van der Waals surface area contributed by atoms with E-state index in [-0.39, 0.29) is 29.9 Å². The van der Waals surface area contributed by atoms with Crippen LogP contribution in [0.4, 0.5) is 5.69 Å². The lowest BCUT2D eigenvalue weighted by molar-refractivity contribution is -0.116. The van der Waals surface area contributed by atoms with Crippen molar-refractivity contribution in [3.8, 4) is 0 Å². The number of hydrogen-bond acceptors (Lipinski definition) is 4. The van der Waals surface area contributed by atoms with Crippen molar-refractivity contribution in [2.45, 2.75) is 39.2 Å². The van der Waals surface area contributed by atoms with Gasteiger partial charge in [-0.05, 0) is 37.0 Å². The molecule has 0 aliphatic carbocycles. The lowest BCUT2D eigenvalue weighted by Crippen LogP contribution is -2.37. The summed E-state index contributed by atoms with van der Waals surface area (Å²) in [5.41, 5.74) is 1.95. The zero-order valence-corrected chi connectivity index (χ0v) is 19.9. The smallest absolute Gasteiger partial charge is 0.224 e. The van der Waals surface area contributed by atoms with Crippen LogP contribution >= 0.6 is 24.0 Å². The van der Waals surface area contributed by atoms with Crippen LogP contribution in [0, 0.1) is 5.92 Å². The van der Waals surface area contributed by atoms with E-state index in [0.717, 1.165) is 69.4 Å². The number of nitrogens with zero attached hydrogens (tertiary/aromatic N) is 1. The number of nitrogens with one attached hydrogen (secondary N) is 3. The van der Waals surface area contributed by atoms with E-state index in [1.807, 2.05) is 31.2 Å². The number of halogens is 1. The van der Waals surface area contributed by atoms with Crippen molar-refractivity contribution in [1.29, 1.82) is 0 Å². The summed E-state index contributed by atoms with van der Waals surface area (Å²) in [6.45, 7) is 6.71. The molecule has 164 valence electrons. The topological polar surface area (TPSA) is 84.0 Å². The second-order valence-electron chi connectivity index (χ2n) is 7.01. The van der Waals surface area contributed by atoms with Crippen LogP contribution in [0.2, 0.25) is 0 Å². The molecule has 0 radical (unpaired) electrons. The standard InChI is InChI=1S/C21H34N4O3.HI/c1-3-5-20(26)25-19-8-6-17(7-9-19)14-24-21(22-2)23-11-4-12-27-15-18-10-13-28-16-18;/h6-9,18H,3-5,10-16H2,1-2H3,(H,25,26)(H2,22,23,24);1H. The molecule has 1 atom stereocenters. The summed E-state index contributed by atoms with van der Waals surface area (Å²) in [7, 11) is 1.76. The van der Waals surface area contributed by atoms with E-state index in [1.54, 1.807) is 7.05 Å². The van der Waals surface area contributed by atoms with E-state index in [0.29, 0.717) is 18.9 Å². The number of amides is 1. The fourth-order valence-electron chi connectivity index (χ4n) is 2.91. The number of aliphatic imine (C=N–C) groups is 1. The number of guanidine groups is 1. The van der Waals surface area contributed by atoms with Crippen molar-refractivity contribution in [1.82, 2.24) is 10.6 Å². The normalized spacial score (nSPS) is 16.2. The molecule has 2 rings (SSSR count). The molecule has 1 aromatic carbocycles. The Labute approximate surface area is 191 Å². The molecule has 1 saturated heterocycles. The average molecular weight is 518 g/mol. The van der Waals surface area contributed by atoms with Gasteiger partial charge in [0.15, 0.2) is 5.96 Å². The molecular formula is C21H35IN4O3. The monoisotopic (exact) mass is 518 g/mol. The quantitative estimate of drug-likeness (QED) is 0.182. The predicted molar refractivity (Wildman–Crippen MR) is 128 cm³/mol. The minimum Gasteiger partial charge on any atom is -0.381 e. The Morgan fingerprint density at radius 3 is 2.72 bits per heavy atom. The van der Waals surface area contributed by atoms with Crippen molar-refractivity contribution >= 4 is 41.5 Å². The number of anilines is 1. The number of hydrogen-bond donors (Lipinski definition) is 3. The van der Waals surface area contributed by atoms with Gasteiger partial charge in [0, 0.05) is 51.4 Å². The molecule has 0 bridgehead atoms. The van der Waals surface area contributed by atoms with Crippen LogP contribution in [0.25, 0.3) is 0 Å². The summed E-state index contributed by atoms with van der Waals surface area (Å²) in [5, 5.41) is 9.49. The van der Waals surface area contributed by atoms with E-state index in [2.05, 4.69) is 20.9 Å². The molecule has 8 heteroatoms. The Bertz CT molecular complexity index is 604. The molecule has 1 heterocycles. The van der Waals surface area contributed by atoms with Gasteiger partial charge in [-0.15, -0.1) is 24.0 Å². The Morgan fingerprint density at radius 1 is 1.28 bits per heavy atom. The molecule has 1 amide bonds. The third kappa shape index (κ3) is 10.8. The van der Waals surface area contributed by atoms with Gasteiger partial charge in [0.2, 0.25) is 5.91 Å². The third-order valence-corrected chi connectivity index (χ3v) is 4.53. The first kappa shape index (κ1) is 25.6. The van der Waals surface area contributed by atoms with E-state index in [9.17, 15) is 4.79 Å². The zero-order chi connectivity index (χ0) is 20.0. The summed E-state index contributed by atoms with van der Waals surface area (Å²) in [6, 6.07) is 7.85. The summed E-state index contributed by atoms with van der Waals surface area (Å²) in [4.78, 5) is 15.9. The highest BCUT2D eigenvalue weighted by Crippen LogP contribution is 2.12. The predicted octanol–water partition coefficient (Wildman–Crippen LogP) is 3.15. The minimum absolute atomic E-state index is 0. The second-order valence-corrected chi connectivity index (χ2v) is 7.01. The summed E-state index contributed by atoms with van der Waals surface area (Å²) < 4.78 is 11.0. The third-order valence-electron chi connectivity index (χ3n) is 4.53. The molecule has 29 heavy (non-hydrogen) atoms. The first-order valence-electron chi connectivity index (χ1n) is 10.2. The van der Waals surface area contributed by atoms with Crippen molar-refractivity contribution in [2.24, 2.45) is 10.9 Å². The zero-order valence-electron chi connectivity index (χ0n) is 17.5. The SMILES string of the molecule is CCCC(=O)Nc1ccc(CNC(=NC)NCCCOCC2CCOC2)cc1.I. The Hall–Kier alpha value is -1.39. The number of benzene rings is 1. The maximum atomic E-state index is 11.6. The van der Waals surface area contributed by atoms with Crippen molar-refractivity contribution in [2.75, 3.05) is 45.3 Å². The molecule has 1 aliphatic heterocycles. The second kappa shape index (κ2) is 15.4. The number of rotatable bonds is 11. The highest BCUT2D eigenvalue weighted by Gasteiger charge is 2.15. The maximum Gasteiger partial charge on any atom is 0.224 e. The lowest BCUT2D eigenvalue weighted by atomic mass is 10.1. The molecule has 1 unspecified atom stereocenters. The number of ether oxygens (including phenoxy) is 2. The summed E-state index contributed by atoms with van der Waals surface area (Å²) in [6.07, 6.45) is 3.44. The number of carbonyl (C=O) groups is 1. The molecule has 0 saturated carbocycles. The van der Waals surface area contributed by atoms with Gasteiger partial charge in [0.1, 0.15) is 0 Å². The van der Waals surface area contributed by atoms with E-state index in [1.165, 1.54) is 0 Å². The van der Waals surface area contributed by atoms with Gasteiger partial charge in [-0.1, -0.05) is 19.1 Å². The summed E-state index contributed by atoms with van der Waals surface area (Å²) >= 11 is 0. The largest absolute Gasteiger partial charge is 0.381 e. The Kier molecular flexibility index (Phi) is 13.7. The van der Waals surface area contributed by atoms with Crippen LogP contribution in [0.5, 0.6) is 0 Å². The van der Waals surface area contributed by atoms with Gasteiger partial charge in [0.05, 0.1) is 13.2 Å². The lowest BCUT2D eigenvalue weighted by Gasteiger charge is -2.13. The van der Waals surface area contributed by atoms with Crippen LogP contribution in [0.3, 0.4) is 0 Å². The van der Waals surface area contributed by atoms with E-state index in [4.69, 9.17) is 9.47 Å². The molecule has 1 aliphatic rings. The molecule has 3 N–H and O–H groups in total. The average Bonchev–Trinajstić information content (AvgIpc) is 3.21. The van der Waals surface area contributed by atoms with Gasteiger partial charge < -0.3 is 25.4 Å². The molecule has 0 aromatic heterocycles. The van der Waals surface area contributed by atoms with Crippen molar-refractivity contribution in [3.05, 3.63) is 29.8 Å². The Morgan fingerprint density at radius 2 is 2.07 bits per heavy atom. The highest BCUT2D eigenvalue weighted by atomic mass is 127. The van der Waals surface area contributed by atoms with Gasteiger partial charge in [-0.2, -0.15) is 0 Å².